The summed E-state index contributed by atoms with van der Waals surface area (Å²) in [6.07, 6.45) is 1.09. The zero-order valence-electron chi connectivity index (χ0n) is 16.8. The Morgan fingerprint density at radius 1 is 0.897 bits per heavy atom. The predicted molar refractivity (Wildman–Crippen MR) is 114 cm³/mol. The van der Waals surface area contributed by atoms with Gasteiger partial charge in [0.1, 0.15) is 0 Å². The van der Waals surface area contributed by atoms with E-state index in [4.69, 9.17) is 0 Å². The number of anilines is 2. The molecule has 0 aliphatic rings. The molecule has 0 unspecified atom stereocenters. The van der Waals surface area contributed by atoms with E-state index in [-0.39, 0.29) is 4.90 Å². The normalized spacial score (nSPS) is 12.0. The molecule has 10 heteroatoms. The van der Waals surface area contributed by atoms with Crippen LogP contribution in [0.2, 0.25) is 0 Å². The van der Waals surface area contributed by atoms with Crippen LogP contribution in [0.15, 0.2) is 53.4 Å². The van der Waals surface area contributed by atoms with E-state index in [1.54, 1.807) is 13.8 Å². The quantitative estimate of drug-likeness (QED) is 0.680. The van der Waals surface area contributed by atoms with Crippen LogP contribution >= 0.6 is 0 Å². The van der Waals surface area contributed by atoms with Gasteiger partial charge in [-0.3, -0.25) is 9.10 Å². The minimum absolute atomic E-state index is 0.160. The molecule has 0 radical (unpaired) electrons. The van der Waals surface area contributed by atoms with Crippen LogP contribution in [0.4, 0.5) is 11.4 Å². The average Bonchev–Trinajstić information content (AvgIpc) is 2.68. The summed E-state index contributed by atoms with van der Waals surface area (Å²) >= 11 is 0. The van der Waals surface area contributed by atoms with Crippen molar-refractivity contribution in [2.45, 2.75) is 18.7 Å². The lowest BCUT2D eigenvalue weighted by Gasteiger charge is -2.18. The van der Waals surface area contributed by atoms with Crippen molar-refractivity contribution in [2.24, 2.45) is 0 Å². The van der Waals surface area contributed by atoms with E-state index in [2.05, 4.69) is 5.32 Å². The van der Waals surface area contributed by atoms with Crippen LogP contribution in [0.5, 0.6) is 0 Å². The molecule has 0 bridgehead atoms. The lowest BCUT2D eigenvalue weighted by molar-refractivity contribution is 0.102. The highest BCUT2D eigenvalue weighted by molar-refractivity contribution is 7.92. The number of rotatable bonds is 8. The van der Waals surface area contributed by atoms with Gasteiger partial charge in [0.25, 0.3) is 5.91 Å². The number of carbonyl (C=O) groups is 1. The Kier molecular flexibility index (Phi) is 7.04. The van der Waals surface area contributed by atoms with Crippen molar-refractivity contribution in [1.82, 2.24) is 4.31 Å². The second kappa shape index (κ2) is 8.93. The Balaban J connectivity index is 2.13. The van der Waals surface area contributed by atoms with Crippen LogP contribution in [-0.4, -0.2) is 53.4 Å². The second-order valence-electron chi connectivity index (χ2n) is 6.35. The smallest absolute Gasteiger partial charge is 0.255 e. The van der Waals surface area contributed by atoms with Gasteiger partial charge in [0.2, 0.25) is 20.0 Å². The maximum atomic E-state index is 12.5. The number of amides is 1. The van der Waals surface area contributed by atoms with E-state index in [0.29, 0.717) is 30.0 Å². The molecule has 0 aliphatic heterocycles. The molecule has 0 aliphatic carbocycles. The van der Waals surface area contributed by atoms with E-state index in [9.17, 15) is 21.6 Å². The van der Waals surface area contributed by atoms with E-state index >= 15 is 0 Å². The first-order valence-corrected chi connectivity index (χ1v) is 12.2. The zero-order valence-corrected chi connectivity index (χ0v) is 18.4. The zero-order chi connectivity index (χ0) is 21.8. The number of hydrogen-bond donors (Lipinski definition) is 1. The van der Waals surface area contributed by atoms with Gasteiger partial charge in [-0.1, -0.05) is 13.8 Å². The molecule has 158 valence electrons. The van der Waals surface area contributed by atoms with Crippen molar-refractivity contribution >= 4 is 37.3 Å². The summed E-state index contributed by atoms with van der Waals surface area (Å²) in [6, 6.07) is 12.1. The fourth-order valence-corrected chi connectivity index (χ4v) is 4.60. The molecule has 0 heterocycles. The largest absolute Gasteiger partial charge is 0.322 e. The maximum Gasteiger partial charge on any atom is 0.255 e. The molecule has 0 aromatic heterocycles. The molecule has 2 rings (SSSR count). The monoisotopic (exact) mass is 439 g/mol. The SMILES string of the molecule is CCN(CC)S(=O)(=O)c1ccc(NC(=O)c2ccc(N(C)S(C)(=O)=O)cc2)cc1. The number of hydrogen-bond acceptors (Lipinski definition) is 5. The summed E-state index contributed by atoms with van der Waals surface area (Å²) in [5.41, 5.74) is 1.23. The predicted octanol–water partition coefficient (Wildman–Crippen LogP) is 2.37. The van der Waals surface area contributed by atoms with Crippen molar-refractivity contribution < 1.29 is 21.6 Å². The number of benzene rings is 2. The molecule has 1 amide bonds. The molecule has 2 aromatic carbocycles. The van der Waals surface area contributed by atoms with Crippen molar-refractivity contribution in [3.05, 3.63) is 54.1 Å². The highest BCUT2D eigenvalue weighted by atomic mass is 32.2. The van der Waals surface area contributed by atoms with Crippen molar-refractivity contribution in [1.29, 1.82) is 0 Å². The summed E-state index contributed by atoms with van der Waals surface area (Å²) < 4.78 is 50.6. The van der Waals surface area contributed by atoms with Gasteiger partial charge in [-0.25, -0.2) is 16.8 Å². The van der Waals surface area contributed by atoms with E-state index in [1.165, 1.54) is 59.9 Å². The van der Waals surface area contributed by atoms with Crippen molar-refractivity contribution in [3.8, 4) is 0 Å². The Labute approximate surface area is 172 Å². The third-order valence-electron chi connectivity index (χ3n) is 4.45. The first kappa shape index (κ1) is 22.9. The van der Waals surface area contributed by atoms with Gasteiger partial charge in [0, 0.05) is 31.4 Å². The highest BCUT2D eigenvalue weighted by Crippen LogP contribution is 2.20. The van der Waals surface area contributed by atoms with Crippen LogP contribution in [0.25, 0.3) is 0 Å². The lowest BCUT2D eigenvalue weighted by Crippen LogP contribution is -2.30. The number of sulfonamides is 2. The van der Waals surface area contributed by atoms with Crippen molar-refractivity contribution in [2.75, 3.05) is 36.0 Å². The Bertz CT molecular complexity index is 1060. The third-order valence-corrected chi connectivity index (χ3v) is 7.72. The van der Waals surface area contributed by atoms with Crippen LogP contribution in [0.3, 0.4) is 0 Å². The molecule has 0 saturated carbocycles. The van der Waals surface area contributed by atoms with Gasteiger partial charge in [0.05, 0.1) is 16.8 Å². The van der Waals surface area contributed by atoms with E-state index in [0.717, 1.165) is 10.6 Å². The molecule has 0 saturated heterocycles. The van der Waals surface area contributed by atoms with Gasteiger partial charge in [-0.15, -0.1) is 0 Å². The summed E-state index contributed by atoms with van der Waals surface area (Å²) in [6.45, 7) is 4.30. The molecule has 29 heavy (non-hydrogen) atoms. The van der Waals surface area contributed by atoms with E-state index in [1.807, 2.05) is 0 Å². The van der Waals surface area contributed by atoms with Crippen molar-refractivity contribution in [3.63, 3.8) is 0 Å². The molecular weight excluding hydrogens is 414 g/mol. The minimum Gasteiger partial charge on any atom is -0.322 e. The number of nitrogens with one attached hydrogen (secondary N) is 1. The first-order valence-electron chi connectivity index (χ1n) is 8.96. The lowest BCUT2D eigenvalue weighted by atomic mass is 10.2. The van der Waals surface area contributed by atoms with Gasteiger partial charge in [-0.2, -0.15) is 4.31 Å². The van der Waals surface area contributed by atoms with Gasteiger partial charge >= 0.3 is 0 Å². The molecule has 1 N–H and O–H groups in total. The van der Waals surface area contributed by atoms with Crippen LogP contribution < -0.4 is 9.62 Å². The summed E-state index contributed by atoms with van der Waals surface area (Å²) in [7, 11) is -5.51. The average molecular weight is 440 g/mol. The first-order chi connectivity index (χ1) is 13.5. The Hall–Kier alpha value is -2.43. The van der Waals surface area contributed by atoms with Gasteiger partial charge < -0.3 is 5.32 Å². The molecular formula is C19H25N3O5S2. The summed E-state index contributed by atoms with van der Waals surface area (Å²) in [4.78, 5) is 12.6. The third kappa shape index (κ3) is 5.34. The molecule has 2 aromatic rings. The molecule has 0 atom stereocenters. The van der Waals surface area contributed by atoms with Gasteiger partial charge in [-0.05, 0) is 48.5 Å². The number of nitrogens with zero attached hydrogens (tertiary/aromatic N) is 2. The van der Waals surface area contributed by atoms with Crippen LogP contribution in [-0.2, 0) is 20.0 Å². The topological polar surface area (TPSA) is 104 Å². The minimum atomic E-state index is -3.56. The van der Waals surface area contributed by atoms with Gasteiger partial charge in [0.15, 0.2) is 0 Å². The fraction of sp³-hybridized carbons (Fsp3) is 0.316. The Morgan fingerprint density at radius 3 is 1.86 bits per heavy atom. The van der Waals surface area contributed by atoms with E-state index < -0.39 is 26.0 Å². The summed E-state index contributed by atoms with van der Waals surface area (Å²) in [5, 5.41) is 2.69. The standard InChI is InChI=1S/C19H25N3O5S2/c1-5-22(6-2)29(26,27)18-13-9-16(10-14-18)20-19(23)15-7-11-17(12-8-15)21(3)28(4,24)25/h7-14H,5-6H2,1-4H3,(H,20,23). The second-order valence-corrected chi connectivity index (χ2v) is 10.3. The molecule has 0 fully saturated rings. The summed E-state index contributed by atoms with van der Waals surface area (Å²) in [5.74, 6) is -0.391. The number of carbonyl (C=O) groups excluding carboxylic acids is 1. The van der Waals surface area contributed by atoms with Crippen LogP contribution in [0, 0.1) is 0 Å². The highest BCUT2D eigenvalue weighted by Gasteiger charge is 2.21. The molecule has 8 nitrogen and oxygen atoms in total. The Morgan fingerprint density at radius 2 is 1.41 bits per heavy atom. The van der Waals surface area contributed by atoms with Crippen LogP contribution in [0.1, 0.15) is 24.2 Å². The molecule has 0 spiro atoms. The maximum absolute atomic E-state index is 12.5. The fourth-order valence-electron chi connectivity index (χ4n) is 2.64.